The van der Waals surface area contributed by atoms with Gasteiger partial charge in [0.2, 0.25) is 5.91 Å². The molecule has 0 aromatic heterocycles. The van der Waals surface area contributed by atoms with Gasteiger partial charge in [-0.2, -0.15) is 0 Å². The Morgan fingerprint density at radius 3 is 2.30 bits per heavy atom. The number of methoxy groups -OCH3 is 1. The van der Waals surface area contributed by atoms with Crippen LogP contribution >= 0.6 is 0 Å². The zero-order valence-corrected chi connectivity index (χ0v) is 13.2. The fourth-order valence-corrected chi connectivity index (χ4v) is 3.41. The van der Waals surface area contributed by atoms with Gasteiger partial charge in [-0.05, 0) is 36.2 Å². The lowest BCUT2D eigenvalue weighted by atomic mass is 9.64. The third-order valence-electron chi connectivity index (χ3n) is 4.71. The van der Waals surface area contributed by atoms with Gasteiger partial charge in [0, 0.05) is 5.69 Å². The number of nitrogens with zero attached hydrogens (tertiary/aromatic N) is 1. The highest BCUT2D eigenvalue weighted by Gasteiger charge is 2.60. The molecule has 0 radical (unpaired) electrons. The van der Waals surface area contributed by atoms with Crippen LogP contribution in [0.25, 0.3) is 0 Å². The van der Waals surface area contributed by atoms with Crippen molar-refractivity contribution in [3.05, 3.63) is 60.2 Å². The molecule has 1 aliphatic heterocycles. The van der Waals surface area contributed by atoms with Crippen LogP contribution < -0.4 is 9.64 Å². The lowest BCUT2D eigenvalue weighted by Crippen LogP contribution is -2.72. The first-order valence-electron chi connectivity index (χ1n) is 7.67. The van der Waals surface area contributed by atoms with E-state index in [9.17, 15) is 9.59 Å². The summed E-state index contributed by atoms with van der Waals surface area (Å²) in [7, 11) is 1.59. The van der Waals surface area contributed by atoms with Crippen molar-refractivity contribution < 1.29 is 14.3 Å². The van der Waals surface area contributed by atoms with Crippen LogP contribution in [-0.2, 0) is 15.0 Å². The molecule has 0 bridgehead atoms. The Balaban J connectivity index is 2.00. The van der Waals surface area contributed by atoms with E-state index < -0.39 is 11.5 Å². The van der Waals surface area contributed by atoms with Gasteiger partial charge in [-0.15, -0.1) is 0 Å². The van der Waals surface area contributed by atoms with Crippen LogP contribution in [0.15, 0.2) is 54.6 Å². The molecule has 2 aromatic rings. The van der Waals surface area contributed by atoms with Crippen LogP contribution in [0.4, 0.5) is 5.69 Å². The molecular formula is C19H19NO3. The first-order valence-corrected chi connectivity index (χ1v) is 7.67. The van der Waals surface area contributed by atoms with Crippen molar-refractivity contribution in [3.63, 3.8) is 0 Å². The van der Waals surface area contributed by atoms with Gasteiger partial charge >= 0.3 is 0 Å². The third kappa shape index (κ3) is 2.13. The van der Waals surface area contributed by atoms with Crippen molar-refractivity contribution in [1.29, 1.82) is 0 Å². The van der Waals surface area contributed by atoms with Crippen molar-refractivity contribution >= 4 is 17.9 Å². The van der Waals surface area contributed by atoms with Crippen molar-refractivity contribution in [2.75, 3.05) is 12.0 Å². The number of β-lactam (4-membered cyclic amide) rings is 1. The molecule has 2 atom stereocenters. The summed E-state index contributed by atoms with van der Waals surface area (Å²) in [5.41, 5.74) is 0.852. The number of hydrogen-bond donors (Lipinski definition) is 0. The normalized spacial score (nSPS) is 23.3. The minimum atomic E-state index is -0.761. The fourth-order valence-electron chi connectivity index (χ4n) is 3.41. The Morgan fingerprint density at radius 2 is 1.78 bits per heavy atom. The summed E-state index contributed by atoms with van der Waals surface area (Å²) in [6.07, 6.45) is 1.47. The molecule has 1 amide bonds. The second-order valence-electron chi connectivity index (χ2n) is 5.65. The predicted molar refractivity (Wildman–Crippen MR) is 88.7 cm³/mol. The van der Waals surface area contributed by atoms with Gasteiger partial charge in [-0.3, -0.25) is 9.69 Å². The van der Waals surface area contributed by atoms with Gasteiger partial charge < -0.3 is 9.53 Å². The summed E-state index contributed by atoms with van der Waals surface area (Å²) in [5, 5.41) is 0. The average Bonchev–Trinajstić information content (AvgIpc) is 2.61. The maximum absolute atomic E-state index is 13.0. The molecule has 1 aliphatic rings. The van der Waals surface area contributed by atoms with Gasteiger partial charge in [0.05, 0.1) is 7.11 Å². The third-order valence-corrected chi connectivity index (χ3v) is 4.71. The molecule has 4 heteroatoms. The number of carbonyl (C=O) groups is 2. The Kier molecular flexibility index (Phi) is 3.90. The lowest BCUT2D eigenvalue weighted by Gasteiger charge is -2.53. The number of rotatable bonds is 5. The summed E-state index contributed by atoms with van der Waals surface area (Å²) in [6.45, 7) is 1.95. The Hall–Kier alpha value is -2.62. The predicted octanol–water partition coefficient (Wildman–Crippen LogP) is 2.96. The summed E-state index contributed by atoms with van der Waals surface area (Å²) < 4.78 is 5.14. The highest BCUT2D eigenvalue weighted by Crippen LogP contribution is 2.46. The second-order valence-corrected chi connectivity index (χ2v) is 5.65. The molecule has 1 heterocycles. The van der Waals surface area contributed by atoms with Crippen LogP contribution in [-0.4, -0.2) is 25.3 Å². The Bertz CT molecular complexity index is 711. The SMILES string of the molecule is CC[C@]1(c2ccccc2)C(=O)N(c2ccc(OC)cc2)[C@H]1C=O. The standard InChI is InChI=1S/C19H19NO3/c1-3-19(14-7-5-4-6-8-14)17(13-21)20(18(19)22)15-9-11-16(23-2)12-10-15/h4-13,17H,3H2,1-2H3/t17-,19+/m0/s1. The van der Waals surface area contributed by atoms with Gasteiger partial charge in [-0.1, -0.05) is 37.3 Å². The van der Waals surface area contributed by atoms with E-state index in [-0.39, 0.29) is 5.91 Å². The van der Waals surface area contributed by atoms with E-state index in [0.717, 1.165) is 11.8 Å². The zero-order chi connectivity index (χ0) is 16.4. The topological polar surface area (TPSA) is 46.6 Å². The number of ether oxygens (including phenoxy) is 1. The molecule has 0 aliphatic carbocycles. The molecule has 3 rings (SSSR count). The minimum absolute atomic E-state index is 0.0338. The fraction of sp³-hybridized carbons (Fsp3) is 0.263. The first-order chi connectivity index (χ1) is 11.2. The summed E-state index contributed by atoms with van der Waals surface area (Å²) >= 11 is 0. The lowest BCUT2D eigenvalue weighted by molar-refractivity contribution is -0.137. The van der Waals surface area contributed by atoms with Gasteiger partial charge in [0.1, 0.15) is 23.5 Å². The molecule has 1 saturated heterocycles. The van der Waals surface area contributed by atoms with Gasteiger partial charge in [-0.25, -0.2) is 0 Å². The molecule has 0 saturated carbocycles. The quantitative estimate of drug-likeness (QED) is 0.630. The van der Waals surface area contributed by atoms with E-state index in [4.69, 9.17) is 4.74 Å². The minimum Gasteiger partial charge on any atom is -0.497 e. The summed E-state index contributed by atoms with van der Waals surface area (Å²) in [5.74, 6) is 0.683. The number of aldehydes is 1. The summed E-state index contributed by atoms with van der Waals surface area (Å²) in [4.78, 5) is 26.3. The van der Waals surface area contributed by atoms with E-state index >= 15 is 0 Å². The molecule has 0 spiro atoms. The van der Waals surface area contributed by atoms with Crippen molar-refractivity contribution in [1.82, 2.24) is 0 Å². The molecule has 1 fully saturated rings. The van der Waals surface area contributed by atoms with Crippen LogP contribution in [0.2, 0.25) is 0 Å². The molecule has 118 valence electrons. The van der Waals surface area contributed by atoms with E-state index in [1.807, 2.05) is 37.3 Å². The van der Waals surface area contributed by atoms with Crippen molar-refractivity contribution in [2.24, 2.45) is 0 Å². The van der Waals surface area contributed by atoms with E-state index in [1.54, 1.807) is 36.3 Å². The van der Waals surface area contributed by atoms with Crippen molar-refractivity contribution in [3.8, 4) is 5.75 Å². The maximum Gasteiger partial charge on any atom is 0.240 e. The molecule has 0 N–H and O–H groups in total. The second kappa shape index (κ2) is 5.88. The highest BCUT2D eigenvalue weighted by atomic mass is 16.5. The zero-order valence-electron chi connectivity index (χ0n) is 13.2. The number of benzene rings is 2. The van der Waals surface area contributed by atoms with E-state index in [2.05, 4.69) is 0 Å². The van der Waals surface area contributed by atoms with E-state index in [0.29, 0.717) is 17.9 Å². The molecule has 2 aromatic carbocycles. The van der Waals surface area contributed by atoms with Gasteiger partial charge in [0.15, 0.2) is 0 Å². The Labute approximate surface area is 135 Å². The number of anilines is 1. The number of hydrogen-bond acceptors (Lipinski definition) is 3. The molecular weight excluding hydrogens is 290 g/mol. The average molecular weight is 309 g/mol. The Morgan fingerprint density at radius 1 is 1.13 bits per heavy atom. The van der Waals surface area contributed by atoms with Crippen molar-refractivity contribution in [2.45, 2.75) is 24.8 Å². The van der Waals surface area contributed by atoms with Crippen LogP contribution in [0.1, 0.15) is 18.9 Å². The first kappa shape index (κ1) is 15.3. The van der Waals surface area contributed by atoms with Gasteiger partial charge in [0.25, 0.3) is 0 Å². The van der Waals surface area contributed by atoms with Crippen LogP contribution in [0, 0.1) is 0 Å². The number of carbonyl (C=O) groups excluding carboxylic acids is 2. The molecule has 4 nitrogen and oxygen atoms in total. The number of amides is 1. The smallest absolute Gasteiger partial charge is 0.240 e. The highest BCUT2D eigenvalue weighted by molar-refractivity contribution is 6.14. The maximum atomic E-state index is 13.0. The van der Waals surface area contributed by atoms with Crippen LogP contribution in [0.5, 0.6) is 5.75 Å². The molecule has 0 unspecified atom stereocenters. The summed E-state index contributed by atoms with van der Waals surface area (Å²) in [6, 6.07) is 16.2. The molecule has 23 heavy (non-hydrogen) atoms. The monoisotopic (exact) mass is 309 g/mol. The van der Waals surface area contributed by atoms with Crippen LogP contribution in [0.3, 0.4) is 0 Å². The largest absolute Gasteiger partial charge is 0.497 e. The van der Waals surface area contributed by atoms with E-state index in [1.165, 1.54) is 0 Å².